The average molecular weight is 174 g/mol. The number of carboxylic acid groups (broad SMARTS) is 1. The summed E-state index contributed by atoms with van der Waals surface area (Å²) in [5.41, 5.74) is 1.11. The number of thiol groups is 1. The van der Waals surface area contributed by atoms with E-state index in [1.54, 1.807) is 12.3 Å². The fraction of sp³-hybridized carbons (Fsp3) is 0.167. The molecule has 0 amide bonds. The fourth-order valence-electron chi connectivity index (χ4n) is 0.618. The Hall–Kier alpha value is -0.480. The van der Waals surface area contributed by atoms with Gasteiger partial charge in [0.05, 0.1) is 9.77 Å². The first-order valence-corrected chi connectivity index (χ1v) is 3.96. The predicted molar refractivity (Wildman–Crippen MR) is 43.3 cm³/mol. The molecule has 0 spiro atoms. The number of rotatable bonds is 1. The normalized spacial score (nSPS) is 9.80. The van der Waals surface area contributed by atoms with Crippen molar-refractivity contribution >= 4 is 29.9 Å². The molecule has 0 saturated heterocycles. The molecule has 0 aliphatic heterocycles. The maximum atomic E-state index is 10.4. The lowest BCUT2D eigenvalue weighted by Crippen LogP contribution is -1.95. The van der Waals surface area contributed by atoms with E-state index in [1.165, 1.54) is 11.3 Å². The summed E-state index contributed by atoms with van der Waals surface area (Å²) < 4.78 is 0.775. The van der Waals surface area contributed by atoms with Crippen LogP contribution in [0, 0.1) is 6.92 Å². The van der Waals surface area contributed by atoms with Crippen LogP contribution in [-0.2, 0) is 0 Å². The van der Waals surface area contributed by atoms with E-state index in [-0.39, 0.29) is 0 Å². The molecule has 2 nitrogen and oxygen atoms in total. The molecule has 1 aromatic heterocycles. The van der Waals surface area contributed by atoms with Crippen molar-refractivity contribution in [1.82, 2.24) is 0 Å². The minimum atomic E-state index is -0.881. The second kappa shape index (κ2) is 2.64. The van der Waals surface area contributed by atoms with Crippen LogP contribution >= 0.6 is 24.0 Å². The Balaban J connectivity index is 3.17. The first kappa shape index (κ1) is 7.63. The van der Waals surface area contributed by atoms with E-state index in [4.69, 9.17) is 5.11 Å². The number of thiophene rings is 1. The summed E-state index contributed by atoms with van der Waals surface area (Å²) in [6.45, 7) is 1.75. The molecule has 1 rings (SSSR count). The van der Waals surface area contributed by atoms with Gasteiger partial charge in [-0.15, -0.1) is 24.0 Å². The topological polar surface area (TPSA) is 37.3 Å². The number of aromatic carboxylic acids is 1. The fourth-order valence-corrected chi connectivity index (χ4v) is 1.69. The van der Waals surface area contributed by atoms with Crippen molar-refractivity contribution in [2.45, 2.75) is 11.1 Å². The van der Waals surface area contributed by atoms with E-state index in [9.17, 15) is 4.79 Å². The molecule has 0 radical (unpaired) electrons. The van der Waals surface area contributed by atoms with Crippen molar-refractivity contribution in [2.75, 3.05) is 0 Å². The summed E-state index contributed by atoms with van der Waals surface area (Å²) in [6, 6.07) is 0. The molecule has 1 heterocycles. The van der Waals surface area contributed by atoms with Crippen LogP contribution in [0.25, 0.3) is 0 Å². The zero-order valence-electron chi connectivity index (χ0n) is 5.29. The summed E-state index contributed by atoms with van der Waals surface area (Å²) >= 11 is 5.41. The third kappa shape index (κ3) is 1.17. The van der Waals surface area contributed by atoms with Gasteiger partial charge in [-0.05, 0) is 12.5 Å². The first-order chi connectivity index (χ1) is 4.63. The Morgan fingerprint density at radius 3 is 2.60 bits per heavy atom. The van der Waals surface area contributed by atoms with E-state index in [2.05, 4.69) is 12.6 Å². The molecule has 0 saturated carbocycles. The Kier molecular flexibility index (Phi) is 2.01. The van der Waals surface area contributed by atoms with Crippen LogP contribution in [0.2, 0.25) is 0 Å². The zero-order valence-corrected chi connectivity index (χ0v) is 7.00. The highest BCUT2D eigenvalue weighted by molar-refractivity contribution is 7.82. The lowest BCUT2D eigenvalue weighted by molar-refractivity contribution is 0.0696. The van der Waals surface area contributed by atoms with Crippen LogP contribution in [-0.4, -0.2) is 11.1 Å². The van der Waals surface area contributed by atoms with Crippen molar-refractivity contribution in [3.63, 3.8) is 0 Å². The third-order valence-corrected chi connectivity index (χ3v) is 2.78. The lowest BCUT2D eigenvalue weighted by Gasteiger charge is -1.89. The van der Waals surface area contributed by atoms with Crippen LogP contribution in [0.4, 0.5) is 0 Å². The van der Waals surface area contributed by atoms with E-state index in [0.717, 1.165) is 9.77 Å². The molecular formula is C6H6O2S2. The van der Waals surface area contributed by atoms with E-state index in [1.807, 2.05) is 0 Å². The van der Waals surface area contributed by atoms with Gasteiger partial charge in [0.25, 0.3) is 0 Å². The molecule has 10 heavy (non-hydrogen) atoms. The molecule has 1 aromatic rings. The molecule has 0 atom stereocenters. The molecule has 0 unspecified atom stereocenters. The maximum absolute atomic E-state index is 10.4. The second-order valence-electron chi connectivity index (χ2n) is 1.88. The quantitative estimate of drug-likeness (QED) is 0.639. The van der Waals surface area contributed by atoms with Gasteiger partial charge in [0.1, 0.15) is 0 Å². The first-order valence-electron chi connectivity index (χ1n) is 2.63. The zero-order chi connectivity index (χ0) is 7.72. The molecule has 0 aliphatic carbocycles. The highest BCUT2D eigenvalue weighted by Crippen LogP contribution is 2.24. The Bertz CT molecular complexity index is 265. The number of hydrogen-bond acceptors (Lipinski definition) is 3. The van der Waals surface area contributed by atoms with Crippen molar-refractivity contribution in [3.8, 4) is 0 Å². The van der Waals surface area contributed by atoms with Crippen LogP contribution in [0.15, 0.2) is 9.59 Å². The average Bonchev–Trinajstić information content (AvgIpc) is 2.14. The molecule has 0 bridgehead atoms. The number of carbonyl (C=O) groups is 1. The Morgan fingerprint density at radius 2 is 2.40 bits per heavy atom. The molecule has 0 aliphatic rings. The van der Waals surface area contributed by atoms with Gasteiger partial charge < -0.3 is 5.11 Å². The highest BCUT2D eigenvalue weighted by atomic mass is 32.2. The lowest BCUT2D eigenvalue weighted by atomic mass is 10.2. The Morgan fingerprint density at radius 1 is 1.80 bits per heavy atom. The van der Waals surface area contributed by atoms with Crippen molar-refractivity contribution in [3.05, 3.63) is 16.5 Å². The van der Waals surface area contributed by atoms with Gasteiger partial charge in [-0.25, -0.2) is 4.79 Å². The van der Waals surface area contributed by atoms with E-state index >= 15 is 0 Å². The van der Waals surface area contributed by atoms with Crippen molar-refractivity contribution in [2.24, 2.45) is 0 Å². The summed E-state index contributed by atoms with van der Waals surface area (Å²) in [6.07, 6.45) is 0. The Labute approximate surface area is 67.9 Å². The molecule has 1 N–H and O–H groups in total. The second-order valence-corrected chi connectivity index (χ2v) is 3.51. The van der Waals surface area contributed by atoms with Gasteiger partial charge in [-0.1, -0.05) is 0 Å². The van der Waals surface area contributed by atoms with Crippen LogP contribution in [0.5, 0.6) is 0 Å². The summed E-state index contributed by atoms with van der Waals surface area (Å²) in [4.78, 5) is 10.4. The molecule has 0 aromatic carbocycles. The van der Waals surface area contributed by atoms with Gasteiger partial charge in [0.15, 0.2) is 0 Å². The highest BCUT2D eigenvalue weighted by Gasteiger charge is 2.09. The van der Waals surface area contributed by atoms with Gasteiger partial charge >= 0.3 is 5.97 Å². The monoisotopic (exact) mass is 174 g/mol. The predicted octanol–water partition coefficient (Wildman–Crippen LogP) is 2.04. The van der Waals surface area contributed by atoms with Crippen molar-refractivity contribution in [1.29, 1.82) is 0 Å². The van der Waals surface area contributed by atoms with Crippen LogP contribution < -0.4 is 0 Å². The molecule has 54 valence electrons. The number of hydrogen-bond donors (Lipinski definition) is 2. The summed E-state index contributed by atoms with van der Waals surface area (Å²) in [5, 5.41) is 10.1. The SMILES string of the molecule is Cc1c(C(=O)O)csc1S. The van der Waals surface area contributed by atoms with Gasteiger partial charge in [-0.3, -0.25) is 0 Å². The summed E-state index contributed by atoms with van der Waals surface area (Å²) in [5.74, 6) is -0.881. The van der Waals surface area contributed by atoms with Gasteiger partial charge in [0, 0.05) is 5.38 Å². The molecule has 4 heteroatoms. The third-order valence-electron chi connectivity index (χ3n) is 1.24. The number of carboxylic acids is 1. The molecule has 0 fully saturated rings. The maximum Gasteiger partial charge on any atom is 0.336 e. The van der Waals surface area contributed by atoms with Crippen LogP contribution in [0.1, 0.15) is 15.9 Å². The van der Waals surface area contributed by atoms with E-state index in [0.29, 0.717) is 5.56 Å². The van der Waals surface area contributed by atoms with E-state index < -0.39 is 5.97 Å². The minimum Gasteiger partial charge on any atom is -0.478 e. The smallest absolute Gasteiger partial charge is 0.336 e. The molecular weight excluding hydrogens is 168 g/mol. The van der Waals surface area contributed by atoms with Crippen LogP contribution in [0.3, 0.4) is 0 Å². The standard InChI is InChI=1S/C6H6O2S2/c1-3-4(5(7)8)2-10-6(3)9/h2,9H,1H3,(H,7,8). The van der Waals surface area contributed by atoms with Crippen molar-refractivity contribution < 1.29 is 9.90 Å². The summed E-state index contributed by atoms with van der Waals surface area (Å²) in [7, 11) is 0. The van der Waals surface area contributed by atoms with Gasteiger partial charge in [0.2, 0.25) is 0 Å². The largest absolute Gasteiger partial charge is 0.478 e. The van der Waals surface area contributed by atoms with Gasteiger partial charge in [-0.2, -0.15) is 0 Å². The minimum absolute atomic E-state index is 0.356.